The zero-order valence-corrected chi connectivity index (χ0v) is 25.1. The number of nitrogens with zero attached hydrogens (tertiary/aromatic N) is 1. The molecule has 45 heavy (non-hydrogen) atoms. The van der Waals surface area contributed by atoms with Gasteiger partial charge < -0.3 is 15.2 Å². The van der Waals surface area contributed by atoms with Crippen LogP contribution in [-0.2, 0) is 0 Å². The highest BCUT2D eigenvalue weighted by Gasteiger charge is 2.20. The first-order chi connectivity index (χ1) is 22.0. The van der Waals surface area contributed by atoms with Crippen LogP contribution in [-0.4, -0.2) is 20.9 Å². The number of aliphatic imine (C=N–C) groups is 1. The van der Waals surface area contributed by atoms with Crippen molar-refractivity contribution in [1.29, 1.82) is 0 Å². The van der Waals surface area contributed by atoms with Crippen molar-refractivity contribution < 1.29 is 10.2 Å². The Morgan fingerprint density at radius 3 is 1.69 bits per heavy atom. The zero-order valence-electron chi connectivity index (χ0n) is 25.1. The number of allylic oxidation sites excluding steroid dienone is 2. The number of aromatic hydroxyl groups is 2. The van der Waals surface area contributed by atoms with Gasteiger partial charge in [0.2, 0.25) is 0 Å². The van der Waals surface area contributed by atoms with Crippen LogP contribution in [0.1, 0.15) is 27.9 Å². The van der Waals surface area contributed by atoms with E-state index in [-0.39, 0.29) is 11.5 Å². The fraction of sp³-hybridized carbons (Fsp3) is 0.0488. The van der Waals surface area contributed by atoms with E-state index in [2.05, 4.69) is 41.4 Å². The Morgan fingerprint density at radius 1 is 0.556 bits per heavy atom. The predicted octanol–water partition coefficient (Wildman–Crippen LogP) is 9.86. The summed E-state index contributed by atoms with van der Waals surface area (Å²) in [6.07, 6.45) is 3.96. The first-order valence-corrected chi connectivity index (χ1v) is 15.0. The lowest BCUT2D eigenvalue weighted by molar-refractivity contribution is 0.470. The van der Waals surface area contributed by atoms with Crippen LogP contribution in [0.3, 0.4) is 0 Å². The van der Waals surface area contributed by atoms with Gasteiger partial charge in [0, 0.05) is 28.1 Å². The SMILES string of the molecule is Cc1cc(-c2ccccc2)cc(C2=N/C(=C(/c3ccccc3)c3ccc(-c4cc(-c5ccccc5)cc(C)c4O)[nH]3)C=C2)c1O. The third kappa shape index (κ3) is 5.39. The van der Waals surface area contributed by atoms with Crippen LogP contribution in [0.25, 0.3) is 39.1 Å². The summed E-state index contributed by atoms with van der Waals surface area (Å²) in [6.45, 7) is 3.84. The van der Waals surface area contributed by atoms with Gasteiger partial charge in [-0.3, -0.25) is 0 Å². The van der Waals surface area contributed by atoms with Crippen molar-refractivity contribution in [1.82, 2.24) is 4.98 Å². The molecule has 0 bridgehead atoms. The van der Waals surface area contributed by atoms with Crippen LogP contribution in [0, 0.1) is 13.8 Å². The first-order valence-electron chi connectivity index (χ1n) is 15.0. The molecule has 0 unspecified atom stereocenters. The molecular weight excluding hydrogens is 552 g/mol. The second-order valence-electron chi connectivity index (χ2n) is 11.4. The van der Waals surface area contributed by atoms with E-state index < -0.39 is 0 Å². The number of hydrogen-bond acceptors (Lipinski definition) is 3. The van der Waals surface area contributed by atoms with Crippen LogP contribution < -0.4 is 0 Å². The van der Waals surface area contributed by atoms with E-state index >= 15 is 0 Å². The number of phenols is 2. The van der Waals surface area contributed by atoms with Gasteiger partial charge in [-0.15, -0.1) is 0 Å². The van der Waals surface area contributed by atoms with Crippen molar-refractivity contribution in [2.45, 2.75) is 13.8 Å². The Labute approximate surface area is 263 Å². The Balaban J connectivity index is 1.34. The van der Waals surface area contributed by atoms with Crippen LogP contribution in [0.15, 0.2) is 150 Å². The van der Waals surface area contributed by atoms with Crippen molar-refractivity contribution in [3.05, 3.63) is 173 Å². The Hall–Kier alpha value is -5.87. The average molecular weight is 585 g/mol. The fourth-order valence-corrected chi connectivity index (χ4v) is 5.95. The molecule has 0 radical (unpaired) electrons. The minimum Gasteiger partial charge on any atom is -0.507 e. The van der Waals surface area contributed by atoms with Gasteiger partial charge in [0.15, 0.2) is 0 Å². The molecule has 0 aliphatic carbocycles. The number of phenolic OH excluding ortho intramolecular Hbond substituents is 2. The van der Waals surface area contributed by atoms with Gasteiger partial charge >= 0.3 is 0 Å². The smallest absolute Gasteiger partial charge is 0.127 e. The summed E-state index contributed by atoms with van der Waals surface area (Å²) in [5.41, 5.74) is 12.4. The third-order valence-corrected chi connectivity index (χ3v) is 8.30. The van der Waals surface area contributed by atoms with Gasteiger partial charge in [-0.2, -0.15) is 0 Å². The molecule has 1 aliphatic heterocycles. The topological polar surface area (TPSA) is 68.6 Å². The lowest BCUT2D eigenvalue weighted by Gasteiger charge is -2.12. The number of aromatic nitrogens is 1. The van der Waals surface area contributed by atoms with E-state index in [0.29, 0.717) is 11.3 Å². The van der Waals surface area contributed by atoms with E-state index in [1.165, 1.54) is 0 Å². The maximum absolute atomic E-state index is 11.1. The molecule has 218 valence electrons. The quantitative estimate of drug-likeness (QED) is 0.182. The molecule has 7 rings (SSSR count). The predicted molar refractivity (Wildman–Crippen MR) is 184 cm³/mol. The highest BCUT2D eigenvalue weighted by molar-refractivity contribution is 6.14. The summed E-state index contributed by atoms with van der Waals surface area (Å²) < 4.78 is 0. The van der Waals surface area contributed by atoms with Crippen LogP contribution in [0.5, 0.6) is 11.5 Å². The van der Waals surface area contributed by atoms with E-state index in [9.17, 15) is 10.2 Å². The number of rotatable bonds is 6. The summed E-state index contributed by atoms with van der Waals surface area (Å²) in [6, 6.07) is 42.6. The van der Waals surface area contributed by atoms with E-state index in [0.717, 1.165) is 67.2 Å². The molecule has 1 aromatic heterocycles. The normalized spacial score (nSPS) is 13.6. The summed E-state index contributed by atoms with van der Waals surface area (Å²) in [7, 11) is 0. The number of H-pyrrole nitrogens is 1. The Bertz CT molecular complexity index is 2120. The molecule has 2 heterocycles. The van der Waals surface area contributed by atoms with Gasteiger partial charge in [-0.05, 0) is 101 Å². The van der Waals surface area contributed by atoms with Crippen LogP contribution in [0.2, 0.25) is 0 Å². The molecule has 6 aromatic rings. The molecule has 0 spiro atoms. The molecule has 0 saturated carbocycles. The maximum Gasteiger partial charge on any atom is 0.127 e. The molecule has 0 amide bonds. The molecule has 0 fully saturated rings. The summed E-state index contributed by atoms with van der Waals surface area (Å²) >= 11 is 0. The van der Waals surface area contributed by atoms with Crippen molar-refractivity contribution in [2.24, 2.45) is 4.99 Å². The number of benzene rings is 5. The lowest BCUT2D eigenvalue weighted by Crippen LogP contribution is -1.98. The minimum atomic E-state index is 0.229. The molecule has 1 aliphatic rings. The van der Waals surface area contributed by atoms with Crippen molar-refractivity contribution in [3.63, 3.8) is 0 Å². The number of aromatic amines is 1. The number of aryl methyl sites for hydroxylation is 2. The van der Waals surface area contributed by atoms with Crippen molar-refractivity contribution >= 4 is 11.3 Å². The minimum absolute atomic E-state index is 0.229. The fourth-order valence-electron chi connectivity index (χ4n) is 5.95. The van der Waals surface area contributed by atoms with E-state index in [1.54, 1.807) is 0 Å². The largest absolute Gasteiger partial charge is 0.507 e. The third-order valence-electron chi connectivity index (χ3n) is 8.30. The van der Waals surface area contributed by atoms with Gasteiger partial charge in [0.1, 0.15) is 11.5 Å². The standard InChI is InChI=1S/C41H32N2O2/c1-26-22-31(28-12-6-3-7-13-28)24-33(40(26)44)35-18-20-37(42-35)39(30-16-10-5-11-17-30)38-21-19-36(43-38)34-25-32(23-27(2)41(34)45)29-14-8-4-9-15-29/h3-25,42,44-45H,1-2H3/b39-38-. The van der Waals surface area contributed by atoms with Crippen molar-refractivity contribution in [3.8, 4) is 45.0 Å². The molecule has 0 saturated heterocycles. The first kappa shape index (κ1) is 27.9. The van der Waals surface area contributed by atoms with Crippen LogP contribution in [0.4, 0.5) is 0 Å². The second-order valence-corrected chi connectivity index (χ2v) is 11.4. The molecule has 0 atom stereocenters. The molecule has 3 N–H and O–H groups in total. The van der Waals surface area contributed by atoms with Crippen LogP contribution >= 0.6 is 0 Å². The van der Waals surface area contributed by atoms with Gasteiger partial charge in [-0.1, -0.05) is 91.0 Å². The summed E-state index contributed by atoms with van der Waals surface area (Å²) in [4.78, 5) is 8.66. The highest BCUT2D eigenvalue weighted by Crippen LogP contribution is 2.39. The number of hydrogen-bond donors (Lipinski definition) is 3. The van der Waals surface area contributed by atoms with E-state index in [4.69, 9.17) is 4.99 Å². The molecular formula is C41H32N2O2. The lowest BCUT2D eigenvalue weighted by atomic mass is 9.97. The Morgan fingerprint density at radius 2 is 1.09 bits per heavy atom. The number of nitrogens with one attached hydrogen (secondary N) is 1. The van der Waals surface area contributed by atoms with Gasteiger partial charge in [0.05, 0.1) is 11.4 Å². The molecule has 5 aromatic carbocycles. The van der Waals surface area contributed by atoms with Gasteiger partial charge in [-0.25, -0.2) is 4.99 Å². The van der Waals surface area contributed by atoms with Crippen molar-refractivity contribution in [2.75, 3.05) is 0 Å². The zero-order chi connectivity index (χ0) is 30.9. The van der Waals surface area contributed by atoms with E-state index in [1.807, 2.05) is 117 Å². The molecule has 4 nitrogen and oxygen atoms in total. The maximum atomic E-state index is 11.1. The van der Waals surface area contributed by atoms with Gasteiger partial charge in [0.25, 0.3) is 0 Å². The highest BCUT2D eigenvalue weighted by atomic mass is 16.3. The second kappa shape index (κ2) is 11.7. The average Bonchev–Trinajstić information content (AvgIpc) is 3.76. The Kier molecular flexibility index (Phi) is 7.24. The summed E-state index contributed by atoms with van der Waals surface area (Å²) in [5.74, 6) is 0.481. The molecule has 4 heteroatoms. The summed E-state index contributed by atoms with van der Waals surface area (Å²) in [5, 5.41) is 22.2. The monoisotopic (exact) mass is 584 g/mol.